The molecule has 1 aliphatic heterocycles. The maximum Gasteiger partial charge on any atom is 0.393 e. The predicted octanol–water partition coefficient (Wildman–Crippen LogP) is 2.23. The quantitative estimate of drug-likeness (QED) is 0.889. The topological polar surface area (TPSA) is 54.5 Å². The fraction of sp³-hybridized carbons (Fsp3) is 0.625. The molecule has 24 heavy (non-hydrogen) atoms. The number of rotatable bonds is 5. The molecule has 0 spiro atoms. The van der Waals surface area contributed by atoms with E-state index in [1.807, 2.05) is 13.8 Å². The van der Waals surface area contributed by atoms with Crippen molar-refractivity contribution in [1.82, 2.24) is 15.2 Å². The van der Waals surface area contributed by atoms with Crippen molar-refractivity contribution in [2.75, 3.05) is 20.1 Å². The van der Waals surface area contributed by atoms with E-state index in [9.17, 15) is 18.0 Å². The number of halogens is 3. The molecule has 2 atom stereocenters. The van der Waals surface area contributed by atoms with Crippen LogP contribution in [-0.4, -0.2) is 48.2 Å². The van der Waals surface area contributed by atoms with Crippen molar-refractivity contribution in [2.45, 2.75) is 32.7 Å². The third-order valence-electron chi connectivity index (χ3n) is 3.88. The van der Waals surface area contributed by atoms with Crippen LogP contribution >= 0.6 is 0 Å². The van der Waals surface area contributed by atoms with Crippen LogP contribution in [0, 0.1) is 11.8 Å². The van der Waals surface area contributed by atoms with Crippen molar-refractivity contribution >= 4 is 5.91 Å². The summed E-state index contributed by atoms with van der Waals surface area (Å²) in [5.41, 5.74) is 0.726. The first-order valence-corrected chi connectivity index (χ1v) is 7.81. The average molecular weight is 345 g/mol. The minimum Gasteiger partial charge on any atom is -0.475 e. The molecule has 0 radical (unpaired) electrons. The molecule has 8 heteroatoms. The number of likely N-dealkylation sites (tertiary alicyclic amines) is 1. The van der Waals surface area contributed by atoms with Crippen molar-refractivity contribution < 1.29 is 22.7 Å². The number of aromatic nitrogens is 1. The molecule has 0 aliphatic carbocycles. The Balaban J connectivity index is 1.97. The lowest BCUT2D eigenvalue weighted by Crippen LogP contribution is -2.39. The standard InChI is InChI=1S/C16H22F3N3O2/c1-10(2)24-14-6-11(4-5-20-14)7-21-15(23)12-8-22(3)9-13(12)16(17,18)19/h4-6,10,12-13H,7-9H2,1-3H3,(H,21,23)/t12-,13-/m1/s1. The fourth-order valence-electron chi connectivity index (χ4n) is 2.78. The summed E-state index contributed by atoms with van der Waals surface area (Å²) in [4.78, 5) is 17.8. The summed E-state index contributed by atoms with van der Waals surface area (Å²) >= 11 is 0. The van der Waals surface area contributed by atoms with Crippen LogP contribution in [0.5, 0.6) is 5.88 Å². The number of carbonyl (C=O) groups is 1. The molecule has 2 rings (SSSR count). The Kier molecular flexibility index (Phi) is 5.69. The van der Waals surface area contributed by atoms with Crippen molar-refractivity contribution in [2.24, 2.45) is 11.8 Å². The van der Waals surface area contributed by atoms with Crippen LogP contribution in [0.15, 0.2) is 18.3 Å². The van der Waals surface area contributed by atoms with E-state index in [1.165, 1.54) is 4.90 Å². The van der Waals surface area contributed by atoms with E-state index in [1.54, 1.807) is 25.4 Å². The lowest BCUT2D eigenvalue weighted by Gasteiger charge is -2.20. The normalized spacial score (nSPS) is 22.0. The smallest absolute Gasteiger partial charge is 0.393 e. The summed E-state index contributed by atoms with van der Waals surface area (Å²) in [6, 6.07) is 3.36. The molecule has 134 valence electrons. The molecule has 0 saturated carbocycles. The second-order valence-electron chi connectivity index (χ2n) is 6.36. The predicted molar refractivity (Wildman–Crippen MR) is 82.4 cm³/mol. The number of nitrogens with one attached hydrogen (secondary N) is 1. The zero-order valence-corrected chi connectivity index (χ0v) is 13.9. The maximum absolute atomic E-state index is 13.1. The Hall–Kier alpha value is -1.83. The molecule has 1 N–H and O–H groups in total. The second kappa shape index (κ2) is 7.38. The second-order valence-corrected chi connectivity index (χ2v) is 6.36. The van der Waals surface area contributed by atoms with Crippen LogP contribution in [-0.2, 0) is 11.3 Å². The number of ether oxygens (including phenoxy) is 1. The van der Waals surface area contributed by atoms with Gasteiger partial charge in [-0.25, -0.2) is 4.98 Å². The first-order chi connectivity index (χ1) is 11.2. The molecule has 1 aromatic rings. The van der Waals surface area contributed by atoms with Crippen molar-refractivity contribution in [3.05, 3.63) is 23.9 Å². The van der Waals surface area contributed by atoms with Gasteiger partial charge in [0.15, 0.2) is 0 Å². The minimum atomic E-state index is -4.37. The summed E-state index contributed by atoms with van der Waals surface area (Å²) in [5, 5.41) is 2.60. The SMILES string of the molecule is CC(C)Oc1cc(CNC(=O)[C@@H]2CN(C)C[C@H]2C(F)(F)F)ccn1. The van der Waals surface area contributed by atoms with Crippen LogP contribution in [0.3, 0.4) is 0 Å². The first-order valence-electron chi connectivity index (χ1n) is 7.81. The Morgan fingerprint density at radius 3 is 2.79 bits per heavy atom. The average Bonchev–Trinajstić information content (AvgIpc) is 2.87. The third kappa shape index (κ3) is 4.83. The molecule has 1 fully saturated rings. The Morgan fingerprint density at radius 2 is 2.17 bits per heavy atom. The monoisotopic (exact) mass is 345 g/mol. The van der Waals surface area contributed by atoms with E-state index < -0.39 is 23.9 Å². The van der Waals surface area contributed by atoms with Gasteiger partial charge in [0.1, 0.15) is 0 Å². The lowest BCUT2D eigenvalue weighted by molar-refractivity contribution is -0.183. The highest BCUT2D eigenvalue weighted by atomic mass is 19.4. The molecule has 1 aliphatic rings. The van der Waals surface area contributed by atoms with Gasteiger partial charge in [-0.3, -0.25) is 4.79 Å². The van der Waals surface area contributed by atoms with E-state index in [0.717, 1.165) is 5.56 Å². The van der Waals surface area contributed by atoms with Gasteiger partial charge in [0.2, 0.25) is 11.8 Å². The van der Waals surface area contributed by atoms with Crippen molar-refractivity contribution in [3.8, 4) is 5.88 Å². The van der Waals surface area contributed by atoms with Crippen molar-refractivity contribution in [3.63, 3.8) is 0 Å². The maximum atomic E-state index is 13.1. The fourth-order valence-corrected chi connectivity index (χ4v) is 2.78. The highest BCUT2D eigenvalue weighted by molar-refractivity contribution is 5.79. The molecule has 0 unspecified atom stereocenters. The van der Waals surface area contributed by atoms with E-state index in [-0.39, 0.29) is 25.7 Å². The van der Waals surface area contributed by atoms with E-state index in [0.29, 0.717) is 5.88 Å². The van der Waals surface area contributed by atoms with Gasteiger partial charge in [-0.15, -0.1) is 0 Å². The van der Waals surface area contributed by atoms with Crippen LogP contribution in [0.25, 0.3) is 0 Å². The first kappa shape index (κ1) is 18.5. The van der Waals surface area contributed by atoms with Gasteiger partial charge in [0.25, 0.3) is 0 Å². The van der Waals surface area contributed by atoms with Gasteiger partial charge in [0, 0.05) is 31.9 Å². The largest absolute Gasteiger partial charge is 0.475 e. The third-order valence-corrected chi connectivity index (χ3v) is 3.88. The number of amides is 1. The number of alkyl halides is 3. The van der Waals surface area contributed by atoms with Crippen LogP contribution in [0.4, 0.5) is 13.2 Å². The summed E-state index contributed by atoms with van der Waals surface area (Å²) in [5.74, 6) is -2.86. The van der Waals surface area contributed by atoms with Crippen molar-refractivity contribution in [1.29, 1.82) is 0 Å². The highest BCUT2D eigenvalue weighted by Gasteiger charge is 2.51. The molecular weight excluding hydrogens is 323 g/mol. The van der Waals surface area contributed by atoms with Gasteiger partial charge in [0.05, 0.1) is 17.9 Å². The summed E-state index contributed by atoms with van der Waals surface area (Å²) in [6.45, 7) is 3.83. The number of carbonyl (C=O) groups excluding carboxylic acids is 1. The molecule has 0 aromatic carbocycles. The highest BCUT2D eigenvalue weighted by Crippen LogP contribution is 2.37. The van der Waals surface area contributed by atoms with Gasteiger partial charge in [-0.1, -0.05) is 0 Å². The summed E-state index contributed by atoms with van der Waals surface area (Å²) < 4.78 is 44.6. The van der Waals surface area contributed by atoms with Crippen LogP contribution in [0.1, 0.15) is 19.4 Å². The van der Waals surface area contributed by atoms with Gasteiger partial charge < -0.3 is 15.0 Å². The number of hydrogen-bond donors (Lipinski definition) is 1. The van der Waals surface area contributed by atoms with Crippen LogP contribution < -0.4 is 10.1 Å². The summed E-state index contributed by atoms with van der Waals surface area (Å²) in [6.07, 6.45) is -2.87. The van der Waals surface area contributed by atoms with E-state index in [4.69, 9.17) is 4.74 Å². The number of pyridine rings is 1. The molecule has 5 nitrogen and oxygen atoms in total. The van der Waals surface area contributed by atoms with E-state index in [2.05, 4.69) is 10.3 Å². The molecule has 0 bridgehead atoms. The number of nitrogens with zero attached hydrogens (tertiary/aromatic N) is 2. The van der Waals surface area contributed by atoms with E-state index >= 15 is 0 Å². The Bertz CT molecular complexity index is 578. The Morgan fingerprint density at radius 1 is 1.46 bits per heavy atom. The molecule has 1 amide bonds. The molecule has 1 saturated heterocycles. The minimum absolute atomic E-state index is 0.0380. The molecule has 2 heterocycles. The van der Waals surface area contributed by atoms with Gasteiger partial charge in [-0.2, -0.15) is 13.2 Å². The summed E-state index contributed by atoms with van der Waals surface area (Å²) in [7, 11) is 1.59. The van der Waals surface area contributed by atoms with Gasteiger partial charge >= 0.3 is 6.18 Å². The Labute approximate surface area is 139 Å². The lowest BCUT2D eigenvalue weighted by atomic mass is 9.94. The zero-order valence-electron chi connectivity index (χ0n) is 13.9. The van der Waals surface area contributed by atoms with Gasteiger partial charge in [-0.05, 0) is 32.5 Å². The van der Waals surface area contributed by atoms with Crippen LogP contribution in [0.2, 0.25) is 0 Å². The molecule has 1 aromatic heterocycles. The zero-order chi connectivity index (χ0) is 17.9. The number of hydrogen-bond acceptors (Lipinski definition) is 4. The molecular formula is C16H22F3N3O2.